The van der Waals surface area contributed by atoms with Gasteiger partial charge in [0.05, 0.1) is 31.2 Å². The molecular weight excluding hydrogens is 465 g/mol. The van der Waals surface area contributed by atoms with Crippen molar-refractivity contribution in [3.8, 4) is 11.5 Å². The minimum absolute atomic E-state index is 0.0531. The molecule has 0 aliphatic carbocycles. The summed E-state index contributed by atoms with van der Waals surface area (Å²) in [7, 11) is 1.48. The molecule has 0 atom stereocenters. The SMILES string of the molecule is CCCOc1ccc(/C=C/C(=O)Nc2ccc(NC(=O)c3ccco3)cc2C(F)(F)F)cc1OC. The Hall–Kier alpha value is -4.21. The maximum atomic E-state index is 13.6. The molecule has 2 aromatic carbocycles. The Morgan fingerprint density at radius 2 is 1.86 bits per heavy atom. The van der Waals surface area contributed by atoms with E-state index in [9.17, 15) is 22.8 Å². The van der Waals surface area contributed by atoms with Gasteiger partial charge in [0.25, 0.3) is 5.91 Å². The molecule has 0 spiro atoms. The molecule has 0 saturated heterocycles. The third kappa shape index (κ3) is 6.89. The van der Waals surface area contributed by atoms with Gasteiger partial charge in [0.1, 0.15) is 0 Å². The zero-order chi connectivity index (χ0) is 25.4. The van der Waals surface area contributed by atoms with E-state index in [1.54, 1.807) is 18.2 Å². The lowest BCUT2D eigenvalue weighted by Gasteiger charge is -2.15. The summed E-state index contributed by atoms with van der Waals surface area (Å²) >= 11 is 0. The zero-order valence-corrected chi connectivity index (χ0v) is 18.9. The van der Waals surface area contributed by atoms with E-state index in [0.29, 0.717) is 23.7 Å². The maximum Gasteiger partial charge on any atom is 0.418 e. The number of hydrogen-bond acceptors (Lipinski definition) is 5. The predicted octanol–water partition coefficient (Wildman–Crippen LogP) is 6.00. The summed E-state index contributed by atoms with van der Waals surface area (Å²) in [5.74, 6) is -0.516. The lowest BCUT2D eigenvalue weighted by atomic mass is 10.1. The molecule has 3 aromatic rings. The fraction of sp³-hybridized carbons (Fsp3) is 0.200. The number of furan rings is 1. The van der Waals surface area contributed by atoms with Crippen LogP contribution in [0.1, 0.15) is 35.0 Å². The van der Waals surface area contributed by atoms with Crippen LogP contribution in [0.15, 0.2) is 65.3 Å². The molecule has 0 aliphatic heterocycles. The Kier molecular flexibility index (Phi) is 8.19. The molecule has 0 fully saturated rings. The third-order valence-corrected chi connectivity index (χ3v) is 4.66. The molecule has 0 saturated carbocycles. The second-order valence-electron chi connectivity index (χ2n) is 7.27. The minimum Gasteiger partial charge on any atom is -0.493 e. The topological polar surface area (TPSA) is 89.8 Å². The molecule has 2 N–H and O–H groups in total. The zero-order valence-electron chi connectivity index (χ0n) is 18.9. The van der Waals surface area contributed by atoms with Crippen molar-refractivity contribution < 1.29 is 36.7 Å². The van der Waals surface area contributed by atoms with Crippen LogP contribution in [0, 0.1) is 0 Å². The summed E-state index contributed by atoms with van der Waals surface area (Å²) < 4.78 is 56.7. The van der Waals surface area contributed by atoms with E-state index >= 15 is 0 Å². The molecule has 1 heterocycles. The van der Waals surface area contributed by atoms with Crippen LogP contribution in [-0.2, 0) is 11.0 Å². The van der Waals surface area contributed by atoms with Gasteiger partial charge in [0.15, 0.2) is 17.3 Å². The fourth-order valence-corrected chi connectivity index (χ4v) is 3.03. The number of halogens is 3. The van der Waals surface area contributed by atoms with Gasteiger partial charge in [0.2, 0.25) is 5.91 Å². The average molecular weight is 488 g/mol. The van der Waals surface area contributed by atoms with Gasteiger partial charge in [0, 0.05) is 11.8 Å². The van der Waals surface area contributed by atoms with E-state index in [0.717, 1.165) is 24.6 Å². The van der Waals surface area contributed by atoms with Crippen LogP contribution in [0.3, 0.4) is 0 Å². The van der Waals surface area contributed by atoms with Crippen LogP contribution < -0.4 is 20.1 Å². The second kappa shape index (κ2) is 11.3. The number of carbonyl (C=O) groups excluding carboxylic acids is 2. The largest absolute Gasteiger partial charge is 0.493 e. The Bertz CT molecular complexity index is 1200. The van der Waals surface area contributed by atoms with Crippen LogP contribution in [0.4, 0.5) is 24.5 Å². The Labute approximate surface area is 199 Å². The number of rotatable bonds is 9. The second-order valence-corrected chi connectivity index (χ2v) is 7.27. The molecule has 2 amide bonds. The van der Waals surface area contributed by atoms with Crippen LogP contribution in [0.2, 0.25) is 0 Å². The number of carbonyl (C=O) groups is 2. The van der Waals surface area contributed by atoms with E-state index in [2.05, 4.69) is 10.6 Å². The van der Waals surface area contributed by atoms with Crippen molar-refractivity contribution in [2.75, 3.05) is 24.4 Å². The number of ether oxygens (including phenoxy) is 2. The number of alkyl halides is 3. The number of methoxy groups -OCH3 is 1. The standard InChI is InChI=1S/C25H23F3N2O5/c1-3-12-34-20-10-6-16(14-22(20)33-2)7-11-23(31)30-19-9-8-17(15-18(19)25(26,27)28)29-24(32)21-5-4-13-35-21/h4-11,13-15H,3,12H2,1-2H3,(H,29,32)(H,30,31)/b11-7+. The number of nitrogens with one attached hydrogen (secondary N) is 2. The number of benzene rings is 2. The van der Waals surface area contributed by atoms with Gasteiger partial charge >= 0.3 is 6.18 Å². The summed E-state index contributed by atoms with van der Waals surface area (Å²) in [6.45, 7) is 2.48. The smallest absolute Gasteiger partial charge is 0.418 e. The summed E-state index contributed by atoms with van der Waals surface area (Å²) in [4.78, 5) is 24.4. The molecule has 0 radical (unpaired) electrons. The normalized spacial score (nSPS) is 11.3. The summed E-state index contributed by atoms with van der Waals surface area (Å²) in [6, 6.07) is 10.9. The third-order valence-electron chi connectivity index (χ3n) is 4.66. The van der Waals surface area contributed by atoms with Crippen molar-refractivity contribution in [3.63, 3.8) is 0 Å². The molecule has 184 valence electrons. The van der Waals surface area contributed by atoms with Gasteiger partial charge in [-0.1, -0.05) is 13.0 Å². The highest BCUT2D eigenvalue weighted by molar-refractivity contribution is 6.04. The molecule has 0 unspecified atom stereocenters. The first-order valence-electron chi connectivity index (χ1n) is 10.6. The summed E-state index contributed by atoms with van der Waals surface area (Å²) in [5, 5.41) is 4.56. The molecule has 10 heteroatoms. The Morgan fingerprint density at radius 3 is 2.51 bits per heavy atom. The van der Waals surface area contributed by atoms with Gasteiger partial charge in [-0.15, -0.1) is 0 Å². The van der Waals surface area contributed by atoms with Crippen LogP contribution >= 0.6 is 0 Å². The summed E-state index contributed by atoms with van der Waals surface area (Å²) in [5.41, 5.74) is -1.09. The van der Waals surface area contributed by atoms with Crippen molar-refractivity contribution >= 4 is 29.3 Å². The fourth-order valence-electron chi connectivity index (χ4n) is 3.03. The molecular formula is C25H23F3N2O5. The van der Waals surface area contributed by atoms with E-state index in [-0.39, 0.29) is 11.4 Å². The monoisotopic (exact) mass is 488 g/mol. The Morgan fingerprint density at radius 1 is 1.06 bits per heavy atom. The molecule has 7 nitrogen and oxygen atoms in total. The van der Waals surface area contributed by atoms with Gasteiger partial charge in [-0.2, -0.15) is 13.2 Å². The maximum absolute atomic E-state index is 13.6. The van der Waals surface area contributed by atoms with Crippen LogP contribution in [0.5, 0.6) is 11.5 Å². The lowest BCUT2D eigenvalue weighted by molar-refractivity contribution is -0.136. The van der Waals surface area contributed by atoms with Crippen LogP contribution in [-0.4, -0.2) is 25.5 Å². The van der Waals surface area contributed by atoms with E-state index in [4.69, 9.17) is 13.9 Å². The highest BCUT2D eigenvalue weighted by atomic mass is 19.4. The van der Waals surface area contributed by atoms with Crippen molar-refractivity contribution in [3.05, 3.63) is 77.8 Å². The van der Waals surface area contributed by atoms with Gasteiger partial charge < -0.3 is 24.5 Å². The molecule has 0 bridgehead atoms. The number of hydrogen-bond donors (Lipinski definition) is 2. The van der Waals surface area contributed by atoms with E-state index in [1.807, 2.05) is 6.92 Å². The van der Waals surface area contributed by atoms with E-state index < -0.39 is 29.2 Å². The number of amides is 2. The van der Waals surface area contributed by atoms with Crippen molar-refractivity contribution in [2.45, 2.75) is 19.5 Å². The molecule has 3 rings (SSSR count). The predicted molar refractivity (Wildman–Crippen MR) is 125 cm³/mol. The molecule has 1 aromatic heterocycles. The van der Waals surface area contributed by atoms with E-state index in [1.165, 1.54) is 37.6 Å². The van der Waals surface area contributed by atoms with Gasteiger partial charge in [-0.25, -0.2) is 0 Å². The molecule has 0 aliphatic rings. The minimum atomic E-state index is -4.78. The quantitative estimate of drug-likeness (QED) is 0.361. The highest BCUT2D eigenvalue weighted by Gasteiger charge is 2.34. The van der Waals surface area contributed by atoms with Crippen molar-refractivity contribution in [2.24, 2.45) is 0 Å². The van der Waals surface area contributed by atoms with Crippen molar-refractivity contribution in [1.29, 1.82) is 0 Å². The van der Waals surface area contributed by atoms with Gasteiger partial charge in [-0.05, 0) is 60.5 Å². The summed E-state index contributed by atoms with van der Waals surface area (Å²) in [6.07, 6.45) is -0.144. The Balaban J connectivity index is 1.74. The number of anilines is 2. The highest BCUT2D eigenvalue weighted by Crippen LogP contribution is 2.37. The molecule has 35 heavy (non-hydrogen) atoms. The lowest BCUT2D eigenvalue weighted by Crippen LogP contribution is -2.16. The van der Waals surface area contributed by atoms with Crippen molar-refractivity contribution in [1.82, 2.24) is 0 Å². The van der Waals surface area contributed by atoms with Gasteiger partial charge in [-0.3, -0.25) is 9.59 Å². The first-order valence-corrected chi connectivity index (χ1v) is 10.6. The first kappa shape index (κ1) is 25.4. The first-order chi connectivity index (χ1) is 16.7. The van der Waals surface area contributed by atoms with Crippen LogP contribution in [0.25, 0.3) is 6.08 Å². The average Bonchev–Trinajstić information content (AvgIpc) is 3.37.